The van der Waals surface area contributed by atoms with Crippen molar-refractivity contribution in [3.05, 3.63) is 70.4 Å². The number of carbonyl (C=O) groups is 3. The molecule has 0 atom stereocenters. The molecule has 0 spiro atoms. The minimum absolute atomic E-state index is 0.156. The molecule has 0 aliphatic carbocycles. The van der Waals surface area contributed by atoms with Gasteiger partial charge >= 0.3 is 0 Å². The first-order valence-electron chi connectivity index (χ1n) is 7.80. The van der Waals surface area contributed by atoms with Gasteiger partial charge in [0.15, 0.2) is 0 Å². The molecule has 1 fully saturated rings. The first-order valence-corrected chi connectivity index (χ1v) is 8.61. The highest BCUT2D eigenvalue weighted by Gasteiger charge is 2.36. The molecule has 1 saturated heterocycles. The number of thioether (sulfide) groups is 1. The van der Waals surface area contributed by atoms with Gasteiger partial charge in [-0.15, -0.1) is 0 Å². The standard InChI is InChI=1S/C19H15FN2O3S/c1-12-5-7-15(8-6-12)21-17(23)11-22-18(24)16(26-19(22)25)10-13-3-2-4-14(20)9-13/h2-10H,11H2,1H3,(H,21,23). The van der Waals surface area contributed by atoms with Crippen molar-refractivity contribution < 1.29 is 18.8 Å². The largest absolute Gasteiger partial charge is 0.325 e. The number of aryl methyl sites for hydroxylation is 1. The molecule has 3 amide bonds. The summed E-state index contributed by atoms with van der Waals surface area (Å²) in [5.41, 5.74) is 2.11. The minimum Gasteiger partial charge on any atom is -0.325 e. The number of carbonyl (C=O) groups excluding carboxylic acids is 3. The third-order valence-corrected chi connectivity index (χ3v) is 4.56. The van der Waals surface area contributed by atoms with Gasteiger partial charge in [-0.1, -0.05) is 29.8 Å². The topological polar surface area (TPSA) is 66.5 Å². The molecular weight excluding hydrogens is 355 g/mol. The number of hydrogen-bond donors (Lipinski definition) is 1. The van der Waals surface area contributed by atoms with Gasteiger partial charge in [-0.25, -0.2) is 4.39 Å². The van der Waals surface area contributed by atoms with Crippen molar-refractivity contribution >= 4 is 40.6 Å². The van der Waals surface area contributed by atoms with Crippen LogP contribution in [0.3, 0.4) is 0 Å². The van der Waals surface area contributed by atoms with E-state index in [1.54, 1.807) is 18.2 Å². The summed E-state index contributed by atoms with van der Waals surface area (Å²) in [7, 11) is 0. The summed E-state index contributed by atoms with van der Waals surface area (Å²) in [5, 5.41) is 2.11. The molecule has 0 bridgehead atoms. The predicted octanol–water partition coefficient (Wildman–Crippen LogP) is 3.81. The molecule has 0 saturated carbocycles. The van der Waals surface area contributed by atoms with Gasteiger partial charge < -0.3 is 5.32 Å². The van der Waals surface area contributed by atoms with E-state index in [1.165, 1.54) is 24.3 Å². The van der Waals surface area contributed by atoms with Crippen molar-refractivity contribution in [3.63, 3.8) is 0 Å². The van der Waals surface area contributed by atoms with Crippen LogP contribution in [-0.4, -0.2) is 28.5 Å². The van der Waals surface area contributed by atoms with Crippen LogP contribution in [0.2, 0.25) is 0 Å². The summed E-state index contributed by atoms with van der Waals surface area (Å²) in [5.74, 6) is -1.47. The molecule has 26 heavy (non-hydrogen) atoms. The fourth-order valence-corrected chi connectivity index (χ4v) is 3.20. The number of amides is 3. The van der Waals surface area contributed by atoms with E-state index in [-0.39, 0.29) is 11.4 Å². The fraction of sp³-hybridized carbons (Fsp3) is 0.105. The van der Waals surface area contributed by atoms with Crippen LogP contribution in [-0.2, 0) is 9.59 Å². The summed E-state index contributed by atoms with van der Waals surface area (Å²) >= 11 is 0.729. The van der Waals surface area contributed by atoms with Gasteiger partial charge in [0.25, 0.3) is 11.1 Å². The van der Waals surface area contributed by atoms with E-state index in [2.05, 4.69) is 5.32 Å². The molecule has 5 nitrogen and oxygen atoms in total. The lowest BCUT2D eigenvalue weighted by atomic mass is 10.2. The van der Waals surface area contributed by atoms with Crippen LogP contribution in [0.15, 0.2) is 53.4 Å². The Hall–Kier alpha value is -2.93. The van der Waals surface area contributed by atoms with E-state index >= 15 is 0 Å². The molecule has 2 aromatic carbocycles. The number of hydrogen-bond acceptors (Lipinski definition) is 4. The molecule has 0 radical (unpaired) electrons. The normalized spacial score (nSPS) is 15.6. The van der Waals surface area contributed by atoms with Crippen LogP contribution >= 0.6 is 11.8 Å². The lowest BCUT2D eigenvalue weighted by molar-refractivity contribution is -0.127. The van der Waals surface area contributed by atoms with E-state index in [0.29, 0.717) is 11.3 Å². The average molecular weight is 370 g/mol. The predicted molar refractivity (Wildman–Crippen MR) is 98.9 cm³/mol. The van der Waals surface area contributed by atoms with Gasteiger partial charge in [0.1, 0.15) is 12.4 Å². The highest BCUT2D eigenvalue weighted by Crippen LogP contribution is 2.32. The lowest BCUT2D eigenvalue weighted by Gasteiger charge is -2.12. The number of anilines is 1. The van der Waals surface area contributed by atoms with Gasteiger partial charge in [0.2, 0.25) is 5.91 Å². The molecule has 1 aliphatic rings. The fourth-order valence-electron chi connectivity index (χ4n) is 2.37. The van der Waals surface area contributed by atoms with Crippen molar-refractivity contribution in [3.8, 4) is 0 Å². The zero-order valence-electron chi connectivity index (χ0n) is 13.9. The molecular formula is C19H15FN2O3S. The summed E-state index contributed by atoms with van der Waals surface area (Å²) < 4.78 is 13.2. The first kappa shape index (κ1) is 17.9. The maximum Gasteiger partial charge on any atom is 0.294 e. The lowest BCUT2D eigenvalue weighted by Crippen LogP contribution is -2.36. The van der Waals surface area contributed by atoms with E-state index in [1.807, 2.05) is 19.1 Å². The van der Waals surface area contributed by atoms with Crippen LogP contribution < -0.4 is 5.32 Å². The Kier molecular flexibility index (Phi) is 5.18. The second kappa shape index (κ2) is 7.53. The zero-order valence-corrected chi connectivity index (χ0v) is 14.7. The van der Waals surface area contributed by atoms with Crippen LogP contribution in [0.5, 0.6) is 0 Å². The van der Waals surface area contributed by atoms with Crippen molar-refractivity contribution in [1.82, 2.24) is 4.90 Å². The second-order valence-electron chi connectivity index (χ2n) is 5.74. The van der Waals surface area contributed by atoms with E-state index in [4.69, 9.17) is 0 Å². The molecule has 0 aromatic heterocycles. The Morgan fingerprint density at radius 1 is 1.19 bits per heavy atom. The van der Waals surface area contributed by atoms with Crippen LogP contribution in [0.25, 0.3) is 6.08 Å². The first-order chi connectivity index (χ1) is 12.4. The second-order valence-corrected chi connectivity index (χ2v) is 6.73. The molecule has 7 heteroatoms. The maximum absolute atomic E-state index is 13.2. The maximum atomic E-state index is 13.2. The number of nitrogens with one attached hydrogen (secondary N) is 1. The van der Waals surface area contributed by atoms with E-state index in [9.17, 15) is 18.8 Å². The molecule has 1 aliphatic heterocycles. The Bertz CT molecular complexity index is 909. The highest BCUT2D eigenvalue weighted by atomic mass is 32.2. The highest BCUT2D eigenvalue weighted by molar-refractivity contribution is 8.18. The molecule has 1 N–H and O–H groups in total. The SMILES string of the molecule is Cc1ccc(NC(=O)CN2C(=O)SC(=Cc3cccc(F)c3)C2=O)cc1. The van der Waals surface area contributed by atoms with Crippen LogP contribution in [0.4, 0.5) is 14.9 Å². The molecule has 132 valence electrons. The molecule has 0 unspecified atom stereocenters. The Morgan fingerprint density at radius 3 is 2.62 bits per heavy atom. The van der Waals surface area contributed by atoms with Crippen LogP contribution in [0.1, 0.15) is 11.1 Å². The van der Waals surface area contributed by atoms with Crippen LogP contribution in [0, 0.1) is 12.7 Å². The van der Waals surface area contributed by atoms with Gasteiger partial charge in [-0.2, -0.15) is 0 Å². The smallest absolute Gasteiger partial charge is 0.294 e. The Balaban J connectivity index is 1.69. The van der Waals surface area contributed by atoms with E-state index in [0.717, 1.165) is 22.2 Å². The van der Waals surface area contributed by atoms with Crippen molar-refractivity contribution in [2.24, 2.45) is 0 Å². The van der Waals surface area contributed by atoms with E-state index < -0.39 is 22.9 Å². The van der Waals surface area contributed by atoms with Crippen molar-refractivity contribution in [2.45, 2.75) is 6.92 Å². The monoisotopic (exact) mass is 370 g/mol. The zero-order chi connectivity index (χ0) is 18.7. The average Bonchev–Trinajstić information content (AvgIpc) is 2.84. The number of benzene rings is 2. The summed E-state index contributed by atoms with van der Waals surface area (Å²) in [6.45, 7) is 1.55. The van der Waals surface area contributed by atoms with Crippen molar-refractivity contribution in [1.29, 1.82) is 0 Å². The molecule has 3 rings (SSSR count). The number of halogens is 1. The number of rotatable bonds is 4. The number of nitrogens with zero attached hydrogens (tertiary/aromatic N) is 1. The van der Waals surface area contributed by atoms with Crippen molar-refractivity contribution in [2.75, 3.05) is 11.9 Å². The number of imide groups is 1. The summed E-state index contributed by atoms with van der Waals surface area (Å²) in [6.07, 6.45) is 1.44. The Morgan fingerprint density at radius 2 is 1.92 bits per heavy atom. The van der Waals surface area contributed by atoms with Gasteiger partial charge in [-0.05, 0) is 54.6 Å². The van der Waals surface area contributed by atoms with Gasteiger partial charge in [0, 0.05) is 5.69 Å². The van der Waals surface area contributed by atoms with Gasteiger partial charge in [-0.3, -0.25) is 19.3 Å². The summed E-state index contributed by atoms with van der Waals surface area (Å²) in [6, 6.07) is 12.9. The third kappa shape index (κ3) is 4.18. The minimum atomic E-state index is -0.566. The molecule has 2 aromatic rings. The Labute approximate surface area is 153 Å². The van der Waals surface area contributed by atoms with Gasteiger partial charge in [0.05, 0.1) is 4.91 Å². The summed E-state index contributed by atoms with van der Waals surface area (Å²) in [4.78, 5) is 37.6. The quantitative estimate of drug-likeness (QED) is 0.831. The third-order valence-electron chi connectivity index (χ3n) is 3.66. The molecule has 1 heterocycles.